The Morgan fingerprint density at radius 1 is 0.846 bits per heavy atom. The van der Waals surface area contributed by atoms with Gasteiger partial charge in [0.1, 0.15) is 0 Å². The van der Waals surface area contributed by atoms with Gasteiger partial charge in [0.05, 0.1) is 6.54 Å². The lowest BCUT2D eigenvalue weighted by Gasteiger charge is -2.58. The molecule has 2 heterocycles. The minimum absolute atomic E-state index is 0.0635. The average Bonchev–Trinajstić information content (AvgIpc) is 2.83. The number of rotatable bonds is 1. The fourth-order valence-electron chi connectivity index (χ4n) is 5.52. The number of nitrogens with zero attached hydrogens (tertiary/aromatic N) is 1. The molecule has 2 aromatic rings. The van der Waals surface area contributed by atoms with E-state index in [0.717, 1.165) is 0 Å². The molecule has 1 nitrogen and oxygen atoms in total. The van der Waals surface area contributed by atoms with Crippen molar-refractivity contribution in [2.75, 3.05) is 4.90 Å². The smallest absolute Gasteiger partial charge is 0.0982 e. The summed E-state index contributed by atoms with van der Waals surface area (Å²) < 4.78 is 0. The topological polar surface area (TPSA) is 3.24 Å². The van der Waals surface area contributed by atoms with E-state index in [0.29, 0.717) is 0 Å². The van der Waals surface area contributed by atoms with Gasteiger partial charge in [-0.3, -0.25) is 0 Å². The molecular formula is C25H29N. The molecule has 2 aliphatic carbocycles. The standard InChI is InChI=1S/C25H29N/c1-17-14-19-18-8-6-7-9-20(18)23(2,3)21(19)15-22(17)26-16-24(4)10-12-25(26,5)13-11-24/h6-9,14-15H,10-13H2,1-5H3. The van der Waals surface area contributed by atoms with E-state index in [-0.39, 0.29) is 16.4 Å². The molecule has 0 spiro atoms. The van der Waals surface area contributed by atoms with E-state index in [2.05, 4.69) is 82.5 Å². The summed E-state index contributed by atoms with van der Waals surface area (Å²) in [5, 5.41) is 0. The molecule has 2 radical (unpaired) electrons. The third-order valence-corrected chi connectivity index (χ3v) is 7.49. The van der Waals surface area contributed by atoms with Gasteiger partial charge in [-0.05, 0) is 84.9 Å². The van der Waals surface area contributed by atoms with Gasteiger partial charge in [0.2, 0.25) is 0 Å². The van der Waals surface area contributed by atoms with Crippen molar-refractivity contribution in [3.05, 3.63) is 59.6 Å². The maximum absolute atomic E-state index is 3.90. The zero-order valence-electron chi connectivity index (χ0n) is 16.7. The van der Waals surface area contributed by atoms with Crippen molar-refractivity contribution in [3.8, 4) is 11.1 Å². The molecule has 26 heavy (non-hydrogen) atoms. The molecule has 3 fully saturated rings. The highest BCUT2D eigenvalue weighted by Crippen LogP contribution is 2.56. The maximum Gasteiger partial charge on any atom is 0.0982 e. The fraction of sp³-hybridized carbons (Fsp3) is 0.480. The van der Waals surface area contributed by atoms with Crippen LogP contribution >= 0.6 is 0 Å². The molecule has 1 heteroatoms. The van der Waals surface area contributed by atoms with Crippen molar-refractivity contribution < 1.29 is 0 Å². The highest BCUT2D eigenvalue weighted by atomic mass is 15.2. The molecule has 2 aliphatic heterocycles. The summed E-state index contributed by atoms with van der Waals surface area (Å²) >= 11 is 0. The lowest BCUT2D eigenvalue weighted by Crippen LogP contribution is -2.57. The monoisotopic (exact) mass is 343 g/mol. The summed E-state index contributed by atoms with van der Waals surface area (Å²) in [5.41, 5.74) is 9.05. The third-order valence-electron chi connectivity index (χ3n) is 7.49. The number of anilines is 1. The molecule has 134 valence electrons. The first-order valence-corrected chi connectivity index (χ1v) is 10.1. The summed E-state index contributed by atoms with van der Waals surface area (Å²) in [4.78, 5) is 2.52. The predicted octanol–water partition coefficient (Wildman–Crippen LogP) is 6.50. The minimum atomic E-state index is 0.0635. The quantitative estimate of drug-likeness (QED) is 0.571. The van der Waals surface area contributed by atoms with E-state index in [9.17, 15) is 0 Å². The van der Waals surface area contributed by atoms with Crippen LogP contribution < -0.4 is 4.90 Å². The molecular weight excluding hydrogens is 314 g/mol. The molecule has 0 atom stereocenters. The molecule has 0 unspecified atom stereocenters. The zero-order chi connectivity index (χ0) is 18.3. The van der Waals surface area contributed by atoms with Crippen LogP contribution in [0.1, 0.15) is 70.1 Å². The molecule has 2 bridgehead atoms. The van der Waals surface area contributed by atoms with Crippen molar-refractivity contribution >= 4 is 5.69 Å². The van der Waals surface area contributed by atoms with E-state index in [1.165, 1.54) is 59.2 Å². The lowest BCUT2D eigenvalue weighted by molar-refractivity contribution is 0.126. The van der Waals surface area contributed by atoms with Crippen molar-refractivity contribution in [1.29, 1.82) is 0 Å². The van der Waals surface area contributed by atoms with Crippen LogP contribution in [0.3, 0.4) is 0 Å². The van der Waals surface area contributed by atoms with Crippen LogP contribution in [0.2, 0.25) is 0 Å². The molecule has 0 amide bonds. The Balaban J connectivity index is 1.67. The second-order valence-corrected chi connectivity index (χ2v) is 9.86. The molecule has 1 saturated carbocycles. The molecule has 6 rings (SSSR count). The Morgan fingerprint density at radius 3 is 2.27 bits per heavy atom. The Labute approximate surface area is 158 Å². The van der Waals surface area contributed by atoms with Gasteiger partial charge in [-0.15, -0.1) is 0 Å². The predicted molar refractivity (Wildman–Crippen MR) is 109 cm³/mol. The van der Waals surface area contributed by atoms with Crippen LogP contribution in [0, 0.1) is 18.9 Å². The summed E-state index contributed by atoms with van der Waals surface area (Å²) in [7, 11) is 0. The highest BCUT2D eigenvalue weighted by molar-refractivity contribution is 5.84. The van der Waals surface area contributed by atoms with Crippen LogP contribution in [-0.2, 0) is 5.41 Å². The number of hydrogen-bond donors (Lipinski definition) is 0. The van der Waals surface area contributed by atoms with E-state index in [4.69, 9.17) is 0 Å². The largest absolute Gasteiger partial charge is 0.355 e. The summed E-state index contributed by atoms with van der Waals surface area (Å²) in [5.74, 6) is 0. The Bertz CT molecular complexity index is 896. The molecule has 2 aromatic carbocycles. The van der Waals surface area contributed by atoms with Gasteiger partial charge in [-0.2, -0.15) is 0 Å². The summed E-state index contributed by atoms with van der Waals surface area (Å²) in [6.07, 6.45) is 5.11. The first kappa shape index (κ1) is 16.4. The van der Waals surface area contributed by atoms with Gasteiger partial charge in [-0.25, -0.2) is 0 Å². The first-order valence-electron chi connectivity index (χ1n) is 10.1. The lowest BCUT2D eigenvalue weighted by atomic mass is 9.63. The Morgan fingerprint density at radius 2 is 1.54 bits per heavy atom. The molecule has 2 saturated heterocycles. The molecule has 4 aliphatic rings. The van der Waals surface area contributed by atoms with Crippen LogP contribution in [0.15, 0.2) is 36.4 Å². The van der Waals surface area contributed by atoms with Crippen LogP contribution in [0.4, 0.5) is 5.69 Å². The number of aryl methyl sites for hydroxylation is 1. The van der Waals surface area contributed by atoms with E-state index < -0.39 is 0 Å². The fourth-order valence-corrected chi connectivity index (χ4v) is 5.52. The SMILES string of the molecule is Cc1cc2c(cc1N1[C]C3(C)CCC1(C)CC3)C(C)(C)c1ccccc1-2. The summed E-state index contributed by atoms with van der Waals surface area (Å²) in [6.45, 7) is 15.7. The van der Waals surface area contributed by atoms with E-state index >= 15 is 0 Å². The Kier molecular flexibility index (Phi) is 3.12. The van der Waals surface area contributed by atoms with Gasteiger partial charge in [0.25, 0.3) is 0 Å². The maximum atomic E-state index is 3.90. The number of piperidine rings is 2. The van der Waals surface area contributed by atoms with Crippen molar-refractivity contribution in [2.24, 2.45) is 5.41 Å². The van der Waals surface area contributed by atoms with Crippen molar-refractivity contribution in [3.63, 3.8) is 0 Å². The van der Waals surface area contributed by atoms with Gasteiger partial charge in [0.15, 0.2) is 0 Å². The molecule has 0 aromatic heterocycles. The van der Waals surface area contributed by atoms with Crippen molar-refractivity contribution in [2.45, 2.75) is 71.3 Å². The molecule has 0 N–H and O–H groups in total. The number of fused-ring (bicyclic) bond motifs is 6. The minimum Gasteiger partial charge on any atom is -0.355 e. The summed E-state index contributed by atoms with van der Waals surface area (Å²) in [6, 6.07) is 13.8. The van der Waals surface area contributed by atoms with Crippen LogP contribution in [-0.4, -0.2) is 5.54 Å². The normalized spacial score (nSPS) is 31.0. The average molecular weight is 344 g/mol. The van der Waals surface area contributed by atoms with Gasteiger partial charge >= 0.3 is 0 Å². The first-order chi connectivity index (χ1) is 12.2. The highest BCUT2D eigenvalue weighted by Gasteiger charge is 2.50. The van der Waals surface area contributed by atoms with E-state index in [1.54, 1.807) is 0 Å². The second-order valence-electron chi connectivity index (χ2n) is 9.86. The third kappa shape index (κ3) is 2.03. The van der Waals surface area contributed by atoms with Gasteiger partial charge < -0.3 is 4.90 Å². The Hall–Kier alpha value is -1.76. The number of hydrogen-bond acceptors (Lipinski definition) is 1. The number of benzene rings is 2. The van der Waals surface area contributed by atoms with Crippen molar-refractivity contribution in [1.82, 2.24) is 0 Å². The van der Waals surface area contributed by atoms with Crippen LogP contribution in [0.25, 0.3) is 11.1 Å². The van der Waals surface area contributed by atoms with Crippen LogP contribution in [0.5, 0.6) is 0 Å². The van der Waals surface area contributed by atoms with Gasteiger partial charge in [-0.1, -0.05) is 45.0 Å². The van der Waals surface area contributed by atoms with Gasteiger partial charge in [0, 0.05) is 16.6 Å². The zero-order valence-corrected chi connectivity index (χ0v) is 16.7. The second kappa shape index (κ2) is 4.94. The van der Waals surface area contributed by atoms with E-state index in [1.807, 2.05) is 0 Å².